The quantitative estimate of drug-likeness (QED) is 0.281. The number of aromatic nitrogens is 1. The van der Waals surface area contributed by atoms with Crippen LogP contribution in [-0.2, 0) is 4.74 Å². The molecule has 206 valence electrons. The average Bonchev–Trinajstić information content (AvgIpc) is 2.82. The van der Waals surface area contributed by atoms with Crippen molar-refractivity contribution in [2.75, 3.05) is 23.8 Å². The molecule has 0 amide bonds. The number of anilines is 2. The van der Waals surface area contributed by atoms with E-state index in [1.54, 1.807) is 0 Å². The number of benzene rings is 1. The summed E-state index contributed by atoms with van der Waals surface area (Å²) < 4.78 is 6.73. The second-order valence-corrected chi connectivity index (χ2v) is 12.5. The topological polar surface area (TPSA) is 51.4 Å². The van der Waals surface area contributed by atoms with E-state index in [0.717, 1.165) is 67.4 Å². The number of unbranched alkanes of at least 4 members (excludes halogenated alkanes) is 1. The molecule has 0 bridgehead atoms. The third-order valence-corrected chi connectivity index (χ3v) is 9.09. The van der Waals surface area contributed by atoms with Crippen LogP contribution >= 0.6 is 11.6 Å². The molecular formula is C32H50ClN3O. The SMILES string of the molecule is CCCC/C(=C(/C)CC)N(CC(C)(CC)COC(C)(C)C1CCC1)c1c(C)c(N)nc2cc(Cl)ccc12. The number of nitrogens with two attached hydrogens (primary N) is 1. The number of hydrogen-bond acceptors (Lipinski definition) is 4. The Balaban J connectivity index is 2.13. The predicted octanol–water partition coefficient (Wildman–Crippen LogP) is 9.47. The summed E-state index contributed by atoms with van der Waals surface area (Å²) in [5, 5.41) is 1.78. The minimum atomic E-state index is -0.0832. The standard InChI is InChI=1S/C32H50ClN3O/c1-9-12-16-28(22(4)10-2)36(20-32(8,11-3)21-37-31(6,7)24-14-13-15-24)29-23(5)30(34)35-27-19-25(33)17-18-26(27)29/h17-19,24H,9-16,20-21H2,1-8H3,(H2,34,35)/b28-22+. The lowest BCUT2D eigenvalue weighted by atomic mass is 9.74. The van der Waals surface area contributed by atoms with Crippen molar-refractivity contribution in [3.05, 3.63) is 40.1 Å². The van der Waals surface area contributed by atoms with Crippen molar-refractivity contribution in [2.45, 2.75) is 112 Å². The van der Waals surface area contributed by atoms with Crippen LogP contribution < -0.4 is 10.6 Å². The Labute approximate surface area is 231 Å². The van der Waals surface area contributed by atoms with Gasteiger partial charge in [0.05, 0.1) is 23.4 Å². The first-order chi connectivity index (χ1) is 17.5. The van der Waals surface area contributed by atoms with Crippen LogP contribution in [0.4, 0.5) is 11.5 Å². The van der Waals surface area contributed by atoms with Crippen molar-refractivity contribution in [3.8, 4) is 0 Å². The van der Waals surface area contributed by atoms with E-state index in [1.807, 2.05) is 12.1 Å². The lowest BCUT2D eigenvalue weighted by molar-refractivity contribution is -0.109. The van der Waals surface area contributed by atoms with E-state index in [1.165, 1.54) is 30.5 Å². The van der Waals surface area contributed by atoms with Gasteiger partial charge in [0, 0.05) is 33.6 Å². The maximum atomic E-state index is 6.73. The van der Waals surface area contributed by atoms with Crippen molar-refractivity contribution in [3.63, 3.8) is 0 Å². The van der Waals surface area contributed by atoms with Gasteiger partial charge in [-0.05, 0) is 90.3 Å². The van der Waals surface area contributed by atoms with Crippen molar-refractivity contribution < 1.29 is 4.74 Å². The van der Waals surface area contributed by atoms with Crippen molar-refractivity contribution in [1.82, 2.24) is 4.98 Å². The van der Waals surface area contributed by atoms with Crippen LogP contribution in [0.15, 0.2) is 29.5 Å². The number of nitrogens with zero attached hydrogens (tertiary/aromatic N) is 2. The fourth-order valence-electron chi connectivity index (χ4n) is 5.34. The Hall–Kier alpha value is -1.78. The Bertz CT molecular complexity index is 1100. The number of fused-ring (bicyclic) bond motifs is 1. The molecule has 1 heterocycles. The number of allylic oxidation sites excluding steroid dienone is 2. The molecule has 3 rings (SSSR count). The van der Waals surface area contributed by atoms with Gasteiger partial charge in [0.2, 0.25) is 0 Å². The number of pyridine rings is 1. The summed E-state index contributed by atoms with van der Waals surface area (Å²) in [7, 11) is 0. The normalized spacial score (nSPS) is 16.9. The Morgan fingerprint density at radius 1 is 1.19 bits per heavy atom. The highest BCUT2D eigenvalue weighted by Gasteiger charge is 2.38. The third kappa shape index (κ3) is 6.81. The molecule has 1 unspecified atom stereocenters. The van der Waals surface area contributed by atoms with Crippen LogP contribution in [0.1, 0.15) is 105 Å². The van der Waals surface area contributed by atoms with E-state index in [9.17, 15) is 0 Å². The van der Waals surface area contributed by atoms with Gasteiger partial charge in [0.15, 0.2) is 0 Å². The first kappa shape index (κ1) is 29.8. The largest absolute Gasteiger partial charge is 0.383 e. The molecule has 1 fully saturated rings. The number of rotatable bonds is 13. The molecule has 1 atom stereocenters. The van der Waals surface area contributed by atoms with Crippen molar-refractivity contribution in [1.29, 1.82) is 0 Å². The van der Waals surface area contributed by atoms with Crippen LogP contribution in [0, 0.1) is 18.3 Å². The highest BCUT2D eigenvalue weighted by molar-refractivity contribution is 6.31. The smallest absolute Gasteiger partial charge is 0.129 e. The predicted molar refractivity (Wildman–Crippen MR) is 162 cm³/mol. The molecule has 1 aliphatic rings. The molecule has 0 spiro atoms. The monoisotopic (exact) mass is 527 g/mol. The number of ether oxygens (including phenoxy) is 1. The number of halogens is 1. The molecule has 1 aliphatic carbocycles. The summed E-state index contributed by atoms with van der Waals surface area (Å²) in [6.45, 7) is 19.8. The summed E-state index contributed by atoms with van der Waals surface area (Å²) in [5.41, 5.74) is 12.3. The third-order valence-electron chi connectivity index (χ3n) is 8.86. The van der Waals surface area contributed by atoms with Gasteiger partial charge in [-0.3, -0.25) is 0 Å². The van der Waals surface area contributed by atoms with Crippen LogP contribution in [0.5, 0.6) is 0 Å². The first-order valence-electron chi connectivity index (χ1n) is 14.4. The highest BCUT2D eigenvalue weighted by atomic mass is 35.5. The molecule has 2 N–H and O–H groups in total. The maximum absolute atomic E-state index is 6.73. The summed E-state index contributed by atoms with van der Waals surface area (Å²) in [6.07, 6.45) is 9.30. The molecule has 37 heavy (non-hydrogen) atoms. The maximum Gasteiger partial charge on any atom is 0.129 e. The Morgan fingerprint density at radius 2 is 1.89 bits per heavy atom. The van der Waals surface area contributed by atoms with Crippen molar-refractivity contribution >= 4 is 34.0 Å². The van der Waals surface area contributed by atoms with Gasteiger partial charge >= 0.3 is 0 Å². The summed E-state index contributed by atoms with van der Waals surface area (Å²) in [6, 6.07) is 6.01. The molecule has 0 aliphatic heterocycles. The number of hydrogen-bond donors (Lipinski definition) is 1. The molecule has 0 radical (unpaired) electrons. The fourth-order valence-corrected chi connectivity index (χ4v) is 5.51. The average molecular weight is 528 g/mol. The van der Waals surface area contributed by atoms with Gasteiger partial charge in [0.25, 0.3) is 0 Å². The molecule has 1 saturated carbocycles. The summed E-state index contributed by atoms with van der Waals surface area (Å²) >= 11 is 6.38. The molecular weight excluding hydrogens is 478 g/mol. The molecule has 1 aromatic carbocycles. The van der Waals surface area contributed by atoms with Crippen LogP contribution in [0.3, 0.4) is 0 Å². The van der Waals surface area contributed by atoms with Crippen LogP contribution in [-0.4, -0.2) is 23.7 Å². The van der Waals surface area contributed by atoms with Crippen LogP contribution in [0.25, 0.3) is 10.9 Å². The lowest BCUT2D eigenvalue weighted by Crippen LogP contribution is -2.44. The van der Waals surface area contributed by atoms with Crippen LogP contribution in [0.2, 0.25) is 5.02 Å². The summed E-state index contributed by atoms with van der Waals surface area (Å²) in [4.78, 5) is 7.28. The number of nitrogen functional groups attached to an aromatic ring is 1. The zero-order valence-electron chi connectivity index (χ0n) is 24.6. The van der Waals surface area contributed by atoms with E-state index in [-0.39, 0.29) is 11.0 Å². The van der Waals surface area contributed by atoms with Gasteiger partial charge in [-0.15, -0.1) is 0 Å². The molecule has 0 saturated heterocycles. The second-order valence-electron chi connectivity index (χ2n) is 12.1. The summed E-state index contributed by atoms with van der Waals surface area (Å²) in [5.74, 6) is 1.24. The van der Waals surface area contributed by atoms with E-state index in [0.29, 0.717) is 16.8 Å². The Kier molecular flexibility index (Phi) is 9.97. The van der Waals surface area contributed by atoms with Gasteiger partial charge < -0.3 is 15.4 Å². The van der Waals surface area contributed by atoms with Gasteiger partial charge in [-0.25, -0.2) is 4.98 Å². The first-order valence-corrected chi connectivity index (χ1v) is 14.8. The van der Waals surface area contributed by atoms with E-state index in [4.69, 9.17) is 27.1 Å². The minimum Gasteiger partial charge on any atom is -0.383 e. The van der Waals surface area contributed by atoms with Gasteiger partial charge in [0.1, 0.15) is 5.82 Å². The molecule has 5 heteroatoms. The van der Waals surface area contributed by atoms with Gasteiger partial charge in [-0.2, -0.15) is 0 Å². The zero-order valence-corrected chi connectivity index (χ0v) is 25.4. The Morgan fingerprint density at radius 3 is 2.46 bits per heavy atom. The second kappa shape index (κ2) is 12.4. The molecule has 4 nitrogen and oxygen atoms in total. The lowest BCUT2D eigenvalue weighted by Gasteiger charge is -2.44. The van der Waals surface area contributed by atoms with E-state index < -0.39 is 0 Å². The highest BCUT2D eigenvalue weighted by Crippen LogP contribution is 2.42. The van der Waals surface area contributed by atoms with Crippen molar-refractivity contribution in [2.24, 2.45) is 11.3 Å². The van der Waals surface area contributed by atoms with Gasteiger partial charge in [-0.1, -0.05) is 57.7 Å². The zero-order chi connectivity index (χ0) is 27.4. The molecule has 2 aromatic rings. The van der Waals surface area contributed by atoms with E-state index >= 15 is 0 Å². The minimum absolute atomic E-state index is 0.0320. The van der Waals surface area contributed by atoms with E-state index in [2.05, 4.69) is 66.4 Å². The fraction of sp³-hybridized carbons (Fsp3) is 0.656. The molecule has 1 aromatic heterocycles.